The number of rotatable bonds is 2. The fourth-order valence-electron chi connectivity index (χ4n) is 1.45. The molecule has 1 N–H and O–H groups in total. The quantitative estimate of drug-likeness (QED) is 0.478. The number of carbonyl (C=O) groups is 1. The van der Waals surface area contributed by atoms with Gasteiger partial charge in [0.25, 0.3) is 5.91 Å². The summed E-state index contributed by atoms with van der Waals surface area (Å²) < 4.78 is 2.77. The Morgan fingerprint density at radius 3 is 2.63 bits per heavy atom. The van der Waals surface area contributed by atoms with Crippen LogP contribution in [0.5, 0.6) is 0 Å². The number of hydrogen-bond donors (Lipinski definition) is 1. The van der Waals surface area contributed by atoms with Gasteiger partial charge in [0.05, 0.1) is 16.3 Å². The van der Waals surface area contributed by atoms with Gasteiger partial charge in [0.2, 0.25) is 0 Å². The number of halogens is 4. The van der Waals surface area contributed by atoms with Crippen LogP contribution in [0, 0.1) is 7.14 Å². The number of hydrogen-bond acceptors (Lipinski definition) is 1. The Labute approximate surface area is 151 Å². The third-order valence-electron chi connectivity index (χ3n) is 2.35. The van der Waals surface area contributed by atoms with Crippen molar-refractivity contribution < 1.29 is 4.79 Å². The first-order chi connectivity index (χ1) is 8.97. The lowest BCUT2D eigenvalue weighted by Gasteiger charge is -2.09. The summed E-state index contributed by atoms with van der Waals surface area (Å²) in [7, 11) is 0. The Morgan fingerprint density at radius 1 is 1.16 bits per heavy atom. The van der Waals surface area contributed by atoms with E-state index in [0.717, 1.165) is 11.6 Å². The third-order valence-corrected chi connectivity index (χ3v) is 4.78. The molecule has 2 rings (SSSR count). The van der Waals surface area contributed by atoms with Gasteiger partial charge in [-0.25, -0.2) is 0 Å². The van der Waals surface area contributed by atoms with Gasteiger partial charge in [0.1, 0.15) is 0 Å². The number of amides is 1. The Hall–Kier alpha value is 0.140. The maximum absolute atomic E-state index is 12.3. The highest BCUT2D eigenvalue weighted by atomic mass is 127. The highest BCUT2D eigenvalue weighted by Gasteiger charge is 2.12. The van der Waals surface area contributed by atoms with Gasteiger partial charge in [0, 0.05) is 11.6 Å². The van der Waals surface area contributed by atoms with E-state index in [4.69, 9.17) is 11.6 Å². The van der Waals surface area contributed by atoms with E-state index in [1.165, 1.54) is 0 Å². The maximum atomic E-state index is 12.3. The molecule has 0 unspecified atom stereocenters. The lowest BCUT2D eigenvalue weighted by atomic mass is 10.2. The average molecular weight is 562 g/mol. The Bertz CT molecular complexity index is 649. The molecule has 0 radical (unpaired) electrons. The number of benzene rings is 2. The molecule has 0 saturated heterocycles. The van der Waals surface area contributed by atoms with E-state index in [1.54, 1.807) is 12.1 Å². The first kappa shape index (κ1) is 15.5. The molecule has 0 spiro atoms. The molecule has 0 fully saturated rings. The molecule has 0 aliphatic carbocycles. The molecule has 6 heteroatoms. The zero-order valence-corrected chi connectivity index (χ0v) is 16.0. The Morgan fingerprint density at radius 2 is 1.89 bits per heavy atom. The van der Waals surface area contributed by atoms with Crippen LogP contribution in [0.2, 0.25) is 5.02 Å². The van der Waals surface area contributed by atoms with Gasteiger partial charge in [-0.05, 0) is 81.6 Å². The molecule has 0 aliphatic rings. The van der Waals surface area contributed by atoms with Gasteiger partial charge in [-0.3, -0.25) is 4.79 Å². The first-order valence-electron chi connectivity index (χ1n) is 5.19. The van der Waals surface area contributed by atoms with E-state index in [1.807, 2.05) is 24.3 Å². The molecule has 0 aromatic heterocycles. The summed E-state index contributed by atoms with van der Waals surface area (Å²) in [5.41, 5.74) is 1.24. The molecule has 0 saturated carbocycles. The predicted molar refractivity (Wildman–Crippen MR) is 99.0 cm³/mol. The van der Waals surface area contributed by atoms with Crippen molar-refractivity contribution in [1.82, 2.24) is 0 Å². The minimum atomic E-state index is -0.172. The largest absolute Gasteiger partial charge is 0.321 e. The van der Waals surface area contributed by atoms with Crippen LogP contribution in [0.1, 0.15) is 10.4 Å². The van der Waals surface area contributed by atoms with Crippen molar-refractivity contribution in [3.05, 3.63) is 58.6 Å². The molecule has 0 aliphatic heterocycles. The highest BCUT2D eigenvalue weighted by Crippen LogP contribution is 2.25. The van der Waals surface area contributed by atoms with E-state index in [-0.39, 0.29) is 5.91 Å². The molecule has 2 nitrogen and oxygen atoms in total. The van der Waals surface area contributed by atoms with Crippen LogP contribution in [-0.2, 0) is 0 Å². The molecule has 0 atom stereocenters. The van der Waals surface area contributed by atoms with Gasteiger partial charge < -0.3 is 5.32 Å². The lowest BCUT2D eigenvalue weighted by molar-refractivity contribution is 0.102. The van der Waals surface area contributed by atoms with Crippen LogP contribution in [-0.4, -0.2) is 5.91 Å². The Kier molecular flexibility index (Phi) is 5.50. The van der Waals surface area contributed by atoms with Crippen molar-refractivity contribution in [3.8, 4) is 0 Å². The highest BCUT2D eigenvalue weighted by molar-refractivity contribution is 14.1. The zero-order chi connectivity index (χ0) is 14.0. The minimum absolute atomic E-state index is 0.172. The second kappa shape index (κ2) is 6.73. The van der Waals surface area contributed by atoms with Crippen molar-refractivity contribution in [2.45, 2.75) is 0 Å². The second-order valence-electron chi connectivity index (χ2n) is 3.70. The molecule has 1 amide bonds. The minimum Gasteiger partial charge on any atom is -0.321 e. The number of nitrogens with one attached hydrogen (secondary N) is 1. The van der Waals surface area contributed by atoms with Crippen LogP contribution in [0.15, 0.2) is 40.9 Å². The van der Waals surface area contributed by atoms with Crippen molar-refractivity contribution in [3.63, 3.8) is 0 Å². The molecule has 2 aromatic carbocycles. The van der Waals surface area contributed by atoms with Gasteiger partial charge in [-0.1, -0.05) is 27.5 Å². The van der Waals surface area contributed by atoms with E-state index < -0.39 is 0 Å². The summed E-state index contributed by atoms with van der Waals surface area (Å²) in [5, 5.41) is 3.36. The van der Waals surface area contributed by atoms with E-state index in [0.29, 0.717) is 16.3 Å². The third kappa shape index (κ3) is 4.05. The van der Waals surface area contributed by atoms with E-state index in [2.05, 4.69) is 66.4 Å². The van der Waals surface area contributed by atoms with Crippen LogP contribution >= 0.6 is 72.7 Å². The topological polar surface area (TPSA) is 29.1 Å². The molecule has 0 bridgehead atoms. The van der Waals surface area contributed by atoms with E-state index >= 15 is 0 Å². The number of carbonyl (C=O) groups excluding carboxylic acids is 1. The predicted octanol–water partition coefficient (Wildman–Crippen LogP) is 5.56. The van der Waals surface area contributed by atoms with Crippen molar-refractivity contribution in [1.29, 1.82) is 0 Å². The second-order valence-corrected chi connectivity index (χ2v) is 7.43. The van der Waals surface area contributed by atoms with E-state index in [9.17, 15) is 4.79 Å². The van der Waals surface area contributed by atoms with Crippen molar-refractivity contribution >= 4 is 84.3 Å². The number of anilines is 1. The Balaban J connectivity index is 2.30. The summed E-state index contributed by atoms with van der Waals surface area (Å²) >= 11 is 13.7. The zero-order valence-electron chi connectivity index (χ0n) is 9.38. The van der Waals surface area contributed by atoms with Crippen LogP contribution < -0.4 is 5.32 Å². The molecule has 0 heterocycles. The van der Waals surface area contributed by atoms with Gasteiger partial charge >= 0.3 is 0 Å². The smallest absolute Gasteiger partial charge is 0.256 e. The summed E-state index contributed by atoms with van der Waals surface area (Å²) in [6.45, 7) is 0. The SMILES string of the molecule is O=C(Nc1cc(I)ccc1Cl)c1cc(Br)ccc1I. The van der Waals surface area contributed by atoms with Gasteiger partial charge in [-0.2, -0.15) is 0 Å². The first-order valence-corrected chi connectivity index (χ1v) is 8.51. The summed E-state index contributed by atoms with van der Waals surface area (Å²) in [4.78, 5) is 12.3. The van der Waals surface area contributed by atoms with Crippen LogP contribution in [0.3, 0.4) is 0 Å². The molecular weight excluding hydrogens is 555 g/mol. The normalized spacial score (nSPS) is 10.3. The van der Waals surface area contributed by atoms with Crippen LogP contribution in [0.4, 0.5) is 5.69 Å². The average Bonchev–Trinajstić information content (AvgIpc) is 2.36. The van der Waals surface area contributed by atoms with Crippen LogP contribution in [0.25, 0.3) is 0 Å². The summed E-state index contributed by atoms with van der Waals surface area (Å²) in [6.07, 6.45) is 0. The van der Waals surface area contributed by atoms with Crippen molar-refractivity contribution in [2.75, 3.05) is 5.32 Å². The van der Waals surface area contributed by atoms with Crippen molar-refractivity contribution in [2.24, 2.45) is 0 Å². The lowest BCUT2D eigenvalue weighted by Crippen LogP contribution is -2.13. The molecule has 2 aromatic rings. The van der Waals surface area contributed by atoms with Gasteiger partial charge in [-0.15, -0.1) is 0 Å². The van der Waals surface area contributed by atoms with Gasteiger partial charge in [0.15, 0.2) is 0 Å². The summed E-state index contributed by atoms with van der Waals surface area (Å²) in [6, 6.07) is 11.1. The summed E-state index contributed by atoms with van der Waals surface area (Å²) in [5.74, 6) is -0.172. The molecule has 98 valence electrons. The fraction of sp³-hybridized carbons (Fsp3) is 0. The monoisotopic (exact) mass is 561 g/mol. The maximum Gasteiger partial charge on any atom is 0.256 e. The molecule has 19 heavy (non-hydrogen) atoms. The fourth-order valence-corrected chi connectivity index (χ4v) is 3.05. The molecular formula is C13H7BrClI2NO. The standard InChI is InChI=1S/C13H7BrClI2NO/c14-7-1-4-11(17)9(5-7)13(19)18-12-6-8(16)2-3-10(12)15/h1-6H,(H,18,19).